The lowest BCUT2D eigenvalue weighted by atomic mass is 9.83. The molecule has 1 aromatic rings. The summed E-state index contributed by atoms with van der Waals surface area (Å²) in [5, 5.41) is 14.6. The second kappa shape index (κ2) is 10.7. The van der Waals surface area contributed by atoms with Crippen LogP contribution in [0.5, 0.6) is 0 Å². The zero-order valence-corrected chi connectivity index (χ0v) is 21.5. The number of nitro groups is 1. The van der Waals surface area contributed by atoms with Crippen LogP contribution in [0.4, 0.5) is 5.69 Å². The summed E-state index contributed by atoms with van der Waals surface area (Å²) in [5.74, 6) is -5.08. The van der Waals surface area contributed by atoms with Gasteiger partial charge in [-0.1, -0.05) is 0 Å². The number of hydrogen-bond acceptors (Lipinski definition) is 14. The van der Waals surface area contributed by atoms with Crippen molar-refractivity contribution in [3.05, 3.63) is 39.9 Å². The molecule has 3 heterocycles. The zero-order chi connectivity index (χ0) is 28.5. The van der Waals surface area contributed by atoms with E-state index in [1.807, 2.05) is 0 Å². The van der Waals surface area contributed by atoms with Crippen molar-refractivity contribution in [2.24, 2.45) is 5.10 Å². The smallest absolute Gasteiger partial charge is 0.362 e. The molecule has 1 aromatic carbocycles. The Kier molecular flexibility index (Phi) is 7.68. The predicted octanol–water partition coefficient (Wildman–Crippen LogP) is 0.432. The third-order valence-corrected chi connectivity index (χ3v) is 6.25. The quantitative estimate of drug-likeness (QED) is 0.147. The maximum absolute atomic E-state index is 13.5. The minimum atomic E-state index is -2.30. The summed E-state index contributed by atoms with van der Waals surface area (Å²) in [6.07, 6.45) is -4.37. The van der Waals surface area contributed by atoms with Crippen molar-refractivity contribution in [2.45, 2.75) is 63.4 Å². The van der Waals surface area contributed by atoms with Gasteiger partial charge in [0.25, 0.3) is 5.69 Å². The van der Waals surface area contributed by atoms with Gasteiger partial charge >= 0.3 is 17.9 Å². The van der Waals surface area contributed by atoms with Crippen molar-refractivity contribution in [1.29, 1.82) is 0 Å². The fraction of sp³-hybridized carbons (Fsp3) is 0.542. The molecule has 2 saturated heterocycles. The number of carbonyl (C=O) groups excluding carboxylic acids is 4. The highest BCUT2D eigenvalue weighted by molar-refractivity contribution is 6.68. The van der Waals surface area contributed by atoms with Gasteiger partial charge in [-0.25, -0.2) is 14.4 Å². The first kappa shape index (κ1) is 28.1. The Hall–Kier alpha value is -3.95. The summed E-state index contributed by atoms with van der Waals surface area (Å²) >= 11 is 0. The van der Waals surface area contributed by atoms with Gasteiger partial charge in [-0.3, -0.25) is 20.3 Å². The molecule has 15 heteroatoms. The number of hydrazone groups is 1. The number of ether oxygens (including phenoxy) is 6. The van der Waals surface area contributed by atoms with E-state index in [9.17, 15) is 29.3 Å². The number of ketones is 1. The maximum Gasteiger partial charge on any atom is 0.362 e. The molecule has 3 aliphatic rings. The Labute approximate surface area is 221 Å². The largest absolute Gasteiger partial charge is 0.464 e. The van der Waals surface area contributed by atoms with Crippen LogP contribution in [0.2, 0.25) is 0 Å². The first-order valence-corrected chi connectivity index (χ1v) is 12.1. The number of nitro benzene ring substituents is 1. The Morgan fingerprint density at radius 3 is 2.28 bits per heavy atom. The summed E-state index contributed by atoms with van der Waals surface area (Å²) in [6, 6.07) is 4.80. The summed E-state index contributed by atoms with van der Waals surface area (Å²) in [6.45, 7) is 5.80. The highest BCUT2D eigenvalue weighted by Gasteiger charge is 2.70. The van der Waals surface area contributed by atoms with Crippen LogP contribution in [0, 0.1) is 10.1 Å². The second-order valence-electron chi connectivity index (χ2n) is 9.21. The van der Waals surface area contributed by atoms with E-state index in [1.54, 1.807) is 20.8 Å². The first-order chi connectivity index (χ1) is 18.4. The molecule has 1 unspecified atom stereocenters. The minimum absolute atomic E-state index is 0.0322. The number of nitrogens with zero attached hydrogens (tertiary/aromatic N) is 2. The lowest BCUT2D eigenvalue weighted by molar-refractivity contribution is -0.384. The second-order valence-corrected chi connectivity index (χ2v) is 9.21. The third-order valence-electron chi connectivity index (χ3n) is 6.25. The number of fused-ring (bicyclic) bond motifs is 1. The number of carbonyl (C=O) groups is 4. The van der Waals surface area contributed by atoms with Gasteiger partial charge in [0.05, 0.1) is 23.7 Å². The SMILES string of the molecule is CCOC(=O)C1=NNC(C(=O)OCC)([C@H]2O[C@H](COC(=O)c3ccc([N+](=O)[O-])cc3)[C@H]3OC(C)(C)O[C@H]32)C1=O. The van der Waals surface area contributed by atoms with E-state index in [1.165, 1.54) is 19.1 Å². The molecule has 0 spiro atoms. The summed E-state index contributed by atoms with van der Waals surface area (Å²) in [7, 11) is 0. The average Bonchev–Trinajstić information content (AvgIpc) is 3.51. The van der Waals surface area contributed by atoms with Crippen LogP contribution in [0.25, 0.3) is 0 Å². The Bertz CT molecular complexity index is 1210. The van der Waals surface area contributed by atoms with Crippen molar-refractivity contribution in [1.82, 2.24) is 5.43 Å². The Morgan fingerprint density at radius 2 is 1.67 bits per heavy atom. The highest BCUT2D eigenvalue weighted by atomic mass is 16.8. The maximum atomic E-state index is 13.5. The van der Waals surface area contributed by atoms with E-state index in [0.29, 0.717) is 0 Å². The topological polar surface area (TPSA) is 191 Å². The average molecular weight is 549 g/mol. The number of nitrogens with one attached hydrogen (secondary N) is 1. The molecule has 3 aliphatic heterocycles. The van der Waals surface area contributed by atoms with Crippen molar-refractivity contribution in [2.75, 3.05) is 19.8 Å². The number of hydrogen-bond donors (Lipinski definition) is 1. The number of Topliss-reactive ketones (excluding diaryl/α,β-unsaturated/α-hetero) is 1. The molecule has 0 aromatic heterocycles. The monoisotopic (exact) mass is 549 g/mol. The van der Waals surface area contributed by atoms with Crippen LogP contribution in [-0.2, 0) is 42.8 Å². The van der Waals surface area contributed by atoms with E-state index in [2.05, 4.69) is 10.5 Å². The number of non-ortho nitro benzene ring substituents is 1. The molecule has 0 amide bonds. The molecule has 210 valence electrons. The van der Waals surface area contributed by atoms with Crippen molar-refractivity contribution in [3.63, 3.8) is 0 Å². The summed E-state index contributed by atoms with van der Waals surface area (Å²) < 4.78 is 33.4. The van der Waals surface area contributed by atoms with Crippen LogP contribution in [0.15, 0.2) is 29.4 Å². The van der Waals surface area contributed by atoms with Gasteiger partial charge in [0, 0.05) is 12.1 Å². The molecule has 39 heavy (non-hydrogen) atoms. The molecular formula is C24H27N3O12. The molecule has 0 bridgehead atoms. The Balaban J connectivity index is 1.59. The molecule has 0 aliphatic carbocycles. The van der Waals surface area contributed by atoms with Crippen LogP contribution < -0.4 is 5.43 Å². The molecule has 5 atom stereocenters. The van der Waals surface area contributed by atoms with Crippen molar-refractivity contribution in [3.8, 4) is 0 Å². The van der Waals surface area contributed by atoms with Crippen molar-refractivity contribution >= 4 is 35.1 Å². The van der Waals surface area contributed by atoms with Crippen LogP contribution >= 0.6 is 0 Å². The van der Waals surface area contributed by atoms with Crippen LogP contribution in [0.1, 0.15) is 38.1 Å². The molecule has 15 nitrogen and oxygen atoms in total. The van der Waals surface area contributed by atoms with Gasteiger partial charge in [0.15, 0.2) is 5.79 Å². The predicted molar refractivity (Wildman–Crippen MR) is 127 cm³/mol. The van der Waals surface area contributed by atoms with E-state index in [-0.39, 0.29) is 31.1 Å². The summed E-state index contributed by atoms with van der Waals surface area (Å²) in [4.78, 5) is 62.0. The highest BCUT2D eigenvalue weighted by Crippen LogP contribution is 2.43. The van der Waals surface area contributed by atoms with E-state index in [0.717, 1.165) is 12.1 Å². The number of benzene rings is 1. The number of rotatable bonds is 9. The van der Waals surface area contributed by atoms with Gasteiger partial charge in [0.2, 0.25) is 17.0 Å². The lowest BCUT2D eigenvalue weighted by Crippen LogP contribution is -2.66. The van der Waals surface area contributed by atoms with Gasteiger partial charge in [-0.15, -0.1) is 0 Å². The number of esters is 3. The molecule has 4 rings (SSSR count). The molecule has 0 radical (unpaired) electrons. The molecule has 0 saturated carbocycles. The van der Waals surface area contributed by atoms with Gasteiger partial charge in [-0.05, 0) is 39.8 Å². The first-order valence-electron chi connectivity index (χ1n) is 12.1. The van der Waals surface area contributed by atoms with E-state index < -0.39 is 70.1 Å². The van der Waals surface area contributed by atoms with E-state index in [4.69, 9.17) is 28.4 Å². The summed E-state index contributed by atoms with van der Waals surface area (Å²) in [5.41, 5.74) is -0.647. The van der Waals surface area contributed by atoms with Crippen LogP contribution in [-0.4, -0.2) is 89.9 Å². The molecule has 1 N–H and O–H groups in total. The molecule has 2 fully saturated rings. The third kappa shape index (κ3) is 5.07. The van der Waals surface area contributed by atoms with Gasteiger partial charge in [-0.2, -0.15) is 5.10 Å². The lowest BCUT2D eigenvalue weighted by Gasteiger charge is -2.33. The zero-order valence-electron chi connectivity index (χ0n) is 21.5. The fourth-order valence-corrected chi connectivity index (χ4v) is 4.59. The van der Waals surface area contributed by atoms with Crippen molar-refractivity contribution < 1.29 is 52.5 Å². The Morgan fingerprint density at radius 1 is 1.03 bits per heavy atom. The molecular weight excluding hydrogens is 522 g/mol. The van der Waals surface area contributed by atoms with E-state index >= 15 is 0 Å². The standard InChI is InChI=1S/C24H27N3O12/c1-5-34-21(30)15-18(28)24(26-25-15,22(31)35-6-2)19-17-16(38-23(3,4)39-17)14(37-19)11-36-20(29)12-7-9-13(10-8-12)27(32)33/h7-10,14,16-17,19,26H,5-6,11H2,1-4H3/t14-,16-,17-,19+,24?/m1/s1. The van der Waals surface area contributed by atoms with Gasteiger partial charge < -0.3 is 28.4 Å². The van der Waals surface area contributed by atoms with Gasteiger partial charge in [0.1, 0.15) is 31.0 Å². The fourth-order valence-electron chi connectivity index (χ4n) is 4.59. The minimum Gasteiger partial charge on any atom is -0.464 e. The van der Waals surface area contributed by atoms with Crippen LogP contribution in [0.3, 0.4) is 0 Å². The normalized spacial score (nSPS) is 28.7.